The van der Waals surface area contributed by atoms with Crippen molar-refractivity contribution in [3.05, 3.63) is 47.7 Å². The van der Waals surface area contributed by atoms with Crippen molar-refractivity contribution >= 4 is 16.8 Å². The van der Waals surface area contributed by atoms with Gasteiger partial charge in [-0.3, -0.25) is 9.69 Å². The molecule has 0 bridgehead atoms. The zero-order chi connectivity index (χ0) is 22.9. The highest BCUT2D eigenvalue weighted by molar-refractivity contribution is 5.84. The van der Waals surface area contributed by atoms with Crippen LogP contribution in [0.15, 0.2) is 30.3 Å². The molecule has 8 nitrogen and oxygen atoms in total. The van der Waals surface area contributed by atoms with Gasteiger partial charge >= 0.3 is 0 Å². The minimum absolute atomic E-state index is 0.148. The highest BCUT2D eigenvalue weighted by atomic mass is 16.5. The molecule has 0 spiro atoms. The molecule has 2 atom stereocenters. The zero-order valence-corrected chi connectivity index (χ0v) is 19.7. The van der Waals surface area contributed by atoms with Gasteiger partial charge in [-0.05, 0) is 44.7 Å². The van der Waals surface area contributed by atoms with Gasteiger partial charge in [0.15, 0.2) is 0 Å². The van der Waals surface area contributed by atoms with Crippen molar-refractivity contribution in [2.75, 3.05) is 26.7 Å². The number of para-hydroxylation sites is 1. The maximum Gasteiger partial charge on any atom is 0.244 e. The van der Waals surface area contributed by atoms with Crippen molar-refractivity contribution < 1.29 is 9.53 Å². The second-order valence-electron chi connectivity index (χ2n) is 9.30. The molecule has 8 heteroatoms. The Balaban J connectivity index is 1.31. The van der Waals surface area contributed by atoms with Gasteiger partial charge in [0.2, 0.25) is 5.91 Å². The number of pyridine rings is 1. The van der Waals surface area contributed by atoms with E-state index >= 15 is 0 Å². The molecule has 1 aromatic carbocycles. The van der Waals surface area contributed by atoms with Gasteiger partial charge in [-0.1, -0.05) is 24.6 Å². The molecule has 0 unspecified atom stereocenters. The first-order chi connectivity index (χ1) is 16.0. The van der Waals surface area contributed by atoms with Gasteiger partial charge in [0.25, 0.3) is 0 Å². The third kappa shape index (κ3) is 4.44. The van der Waals surface area contributed by atoms with E-state index in [0.717, 1.165) is 60.8 Å². The highest BCUT2D eigenvalue weighted by Crippen LogP contribution is 2.31. The topological polar surface area (TPSA) is 76.4 Å². The predicted molar refractivity (Wildman–Crippen MR) is 126 cm³/mol. The number of aromatic nitrogens is 4. The Labute approximate surface area is 194 Å². The number of carbonyl (C=O) groups excluding carboxylic acids is 1. The monoisotopic (exact) mass is 448 g/mol. The van der Waals surface area contributed by atoms with E-state index in [4.69, 9.17) is 9.72 Å². The fourth-order valence-electron chi connectivity index (χ4n) is 5.44. The number of hydrogen-bond donors (Lipinski definition) is 0. The van der Waals surface area contributed by atoms with Crippen LogP contribution in [0.2, 0.25) is 0 Å². The maximum absolute atomic E-state index is 13.3. The number of nitrogens with zero attached hydrogens (tertiary/aromatic N) is 6. The van der Waals surface area contributed by atoms with Crippen LogP contribution in [0.5, 0.6) is 5.75 Å². The van der Waals surface area contributed by atoms with Gasteiger partial charge < -0.3 is 9.64 Å². The van der Waals surface area contributed by atoms with Crippen LogP contribution in [0.4, 0.5) is 0 Å². The first-order valence-electron chi connectivity index (χ1n) is 11.8. The first-order valence-corrected chi connectivity index (χ1v) is 11.8. The molecule has 0 aliphatic carbocycles. The van der Waals surface area contributed by atoms with Crippen molar-refractivity contribution in [2.45, 2.75) is 52.2 Å². The van der Waals surface area contributed by atoms with Gasteiger partial charge in [0.1, 0.15) is 29.5 Å². The minimum Gasteiger partial charge on any atom is -0.494 e. The number of aryl methyl sites for hydroxylation is 2. The van der Waals surface area contributed by atoms with E-state index in [0.29, 0.717) is 11.7 Å². The van der Waals surface area contributed by atoms with Crippen molar-refractivity contribution in [3.8, 4) is 5.75 Å². The summed E-state index contributed by atoms with van der Waals surface area (Å²) in [5.74, 6) is 2.95. The molecule has 4 heterocycles. The molecule has 0 N–H and O–H groups in total. The summed E-state index contributed by atoms with van der Waals surface area (Å²) in [5, 5.41) is 5.48. The van der Waals surface area contributed by atoms with Crippen LogP contribution in [-0.2, 0) is 17.9 Å². The number of likely N-dealkylation sites (tertiary alicyclic amines) is 2. The summed E-state index contributed by atoms with van der Waals surface area (Å²) in [5.41, 5.74) is 1.94. The number of fused-ring (bicyclic) bond motifs is 2. The Hall–Kier alpha value is -3.00. The minimum atomic E-state index is 0.148. The predicted octanol–water partition coefficient (Wildman–Crippen LogP) is 2.96. The standard InChI is InChI=1S/C25H32N6O2/c1-17-26-18(2)31(28-17)16-24(32)30-12-5-4-7-20-13-29(15-22(20)30)14-21-11-10-19-8-6-9-23(33-3)25(19)27-21/h6,8-11,20,22H,4-5,7,12-16H2,1-3H3/t20-,22+/m0/s1. The van der Waals surface area contributed by atoms with Gasteiger partial charge in [0.05, 0.1) is 12.8 Å². The van der Waals surface area contributed by atoms with E-state index in [2.05, 4.69) is 38.1 Å². The number of carbonyl (C=O) groups is 1. The largest absolute Gasteiger partial charge is 0.494 e. The molecule has 33 heavy (non-hydrogen) atoms. The summed E-state index contributed by atoms with van der Waals surface area (Å²) in [6.07, 6.45) is 3.41. The van der Waals surface area contributed by atoms with Crippen LogP contribution in [0, 0.1) is 19.8 Å². The highest BCUT2D eigenvalue weighted by Gasteiger charge is 2.39. The lowest BCUT2D eigenvalue weighted by atomic mass is 9.98. The Kier molecular flexibility index (Phi) is 6.01. The summed E-state index contributed by atoms with van der Waals surface area (Å²) in [7, 11) is 1.69. The van der Waals surface area contributed by atoms with Crippen molar-refractivity contribution in [3.63, 3.8) is 0 Å². The SMILES string of the molecule is COc1cccc2ccc(CN3C[C@@H]4CCCCN(C(=O)Cn5nc(C)nc5C)[C@@H]4C3)nc12. The average molecular weight is 449 g/mol. The van der Waals surface area contributed by atoms with Crippen LogP contribution in [0.1, 0.15) is 36.6 Å². The Morgan fingerprint density at radius 2 is 2.00 bits per heavy atom. The fourth-order valence-corrected chi connectivity index (χ4v) is 5.44. The van der Waals surface area contributed by atoms with E-state index < -0.39 is 0 Å². The Bertz CT molecular complexity index is 1160. The van der Waals surface area contributed by atoms with Crippen molar-refractivity contribution in [1.29, 1.82) is 0 Å². The first kappa shape index (κ1) is 21.8. The van der Waals surface area contributed by atoms with E-state index in [1.807, 2.05) is 26.0 Å². The third-order valence-electron chi connectivity index (χ3n) is 7.02. The molecule has 2 aliphatic rings. The molecule has 0 saturated carbocycles. The van der Waals surface area contributed by atoms with Gasteiger partial charge in [-0.2, -0.15) is 5.10 Å². The smallest absolute Gasteiger partial charge is 0.244 e. The number of rotatable bonds is 5. The Morgan fingerprint density at radius 3 is 2.79 bits per heavy atom. The van der Waals surface area contributed by atoms with Gasteiger partial charge in [0, 0.05) is 37.6 Å². The number of amides is 1. The molecule has 2 aliphatic heterocycles. The van der Waals surface area contributed by atoms with Crippen LogP contribution < -0.4 is 4.74 Å². The molecule has 5 rings (SSSR count). The zero-order valence-electron chi connectivity index (χ0n) is 19.7. The van der Waals surface area contributed by atoms with Crippen LogP contribution in [0.3, 0.4) is 0 Å². The third-order valence-corrected chi connectivity index (χ3v) is 7.02. The summed E-state index contributed by atoms with van der Waals surface area (Å²) in [4.78, 5) is 27.1. The fraction of sp³-hybridized carbons (Fsp3) is 0.520. The molecular formula is C25H32N6O2. The lowest BCUT2D eigenvalue weighted by Crippen LogP contribution is -2.45. The van der Waals surface area contributed by atoms with Gasteiger partial charge in [-0.25, -0.2) is 14.6 Å². The van der Waals surface area contributed by atoms with Crippen molar-refractivity contribution in [1.82, 2.24) is 29.5 Å². The van der Waals surface area contributed by atoms with Crippen LogP contribution >= 0.6 is 0 Å². The van der Waals surface area contributed by atoms with E-state index in [1.54, 1.807) is 11.8 Å². The number of ether oxygens (including phenoxy) is 1. The molecular weight excluding hydrogens is 416 g/mol. The summed E-state index contributed by atoms with van der Waals surface area (Å²) in [6, 6.07) is 10.5. The normalized spacial score (nSPS) is 21.2. The van der Waals surface area contributed by atoms with E-state index in [9.17, 15) is 4.79 Å². The molecule has 0 radical (unpaired) electrons. The Morgan fingerprint density at radius 1 is 1.12 bits per heavy atom. The number of benzene rings is 1. The number of hydrogen-bond acceptors (Lipinski definition) is 6. The van der Waals surface area contributed by atoms with Crippen LogP contribution in [-0.4, -0.2) is 68.2 Å². The lowest BCUT2D eigenvalue weighted by molar-refractivity contribution is -0.134. The second kappa shape index (κ2) is 9.09. The summed E-state index contributed by atoms with van der Waals surface area (Å²) >= 11 is 0. The quantitative estimate of drug-likeness (QED) is 0.597. The maximum atomic E-state index is 13.3. The number of methoxy groups -OCH3 is 1. The van der Waals surface area contributed by atoms with Gasteiger partial charge in [-0.15, -0.1) is 0 Å². The molecule has 174 valence electrons. The molecule has 2 fully saturated rings. The van der Waals surface area contributed by atoms with E-state index in [1.165, 1.54) is 12.8 Å². The average Bonchev–Trinajstić information content (AvgIpc) is 3.27. The molecule has 2 saturated heterocycles. The molecule has 3 aromatic rings. The molecule has 1 amide bonds. The molecule has 2 aromatic heterocycles. The lowest BCUT2D eigenvalue weighted by Gasteiger charge is -2.30. The van der Waals surface area contributed by atoms with E-state index in [-0.39, 0.29) is 18.5 Å². The summed E-state index contributed by atoms with van der Waals surface area (Å²) in [6.45, 7) is 7.53. The van der Waals surface area contributed by atoms with Crippen molar-refractivity contribution in [2.24, 2.45) is 5.92 Å². The summed E-state index contributed by atoms with van der Waals surface area (Å²) < 4.78 is 7.24. The van der Waals surface area contributed by atoms with Crippen LogP contribution in [0.25, 0.3) is 10.9 Å². The second-order valence-corrected chi connectivity index (χ2v) is 9.30.